The van der Waals surface area contributed by atoms with Crippen LogP contribution in [0.15, 0.2) is 176 Å². The van der Waals surface area contributed by atoms with Crippen LogP contribution in [0.1, 0.15) is 22.3 Å². The van der Waals surface area contributed by atoms with Crippen LogP contribution in [0.25, 0.3) is 42.1 Å². The molecule has 0 aliphatic carbocycles. The molecule has 1 aliphatic rings. The van der Waals surface area contributed by atoms with Gasteiger partial charge >= 0.3 is 0 Å². The van der Waals surface area contributed by atoms with Crippen LogP contribution in [0.5, 0.6) is 0 Å². The van der Waals surface area contributed by atoms with Gasteiger partial charge in [0.15, 0.2) is 5.82 Å². The maximum Gasteiger partial charge on any atom is 0.173 e. The van der Waals surface area contributed by atoms with Gasteiger partial charge in [0.1, 0.15) is 5.01 Å². The van der Waals surface area contributed by atoms with Gasteiger partial charge in [0.2, 0.25) is 0 Å². The SMILES string of the molecule is c1ccc(C2(c3ccccc3)c3ccccc3N(c3ccc(-c4nc(-c5ccc6c(c5)sc5ccccc56)ns4)cc3)c3ccccc32)cc1. The van der Waals surface area contributed by atoms with Crippen molar-refractivity contribution in [1.82, 2.24) is 9.36 Å². The second-order valence-electron chi connectivity index (χ2n) is 12.6. The average molecular weight is 676 g/mol. The van der Waals surface area contributed by atoms with E-state index >= 15 is 0 Å². The molecule has 0 amide bonds. The molecule has 0 radical (unpaired) electrons. The van der Waals surface area contributed by atoms with E-state index in [-0.39, 0.29) is 0 Å². The lowest BCUT2D eigenvalue weighted by Crippen LogP contribution is -2.37. The standard InChI is InChI=1S/C45H29N3S2/c1-3-13-32(14-4-1)45(33-15-5-2-6-16-33)37-18-8-10-20-39(37)48(40-21-11-9-19-38(40)45)34-26-23-30(24-27-34)44-46-43(47-50-44)31-25-28-36-35-17-7-12-22-41(35)49-42(36)29-31/h1-29H. The van der Waals surface area contributed by atoms with Crippen LogP contribution in [0, 0.1) is 0 Å². The number of para-hydroxylation sites is 2. The van der Waals surface area contributed by atoms with Crippen LogP contribution in [0.4, 0.5) is 17.1 Å². The number of benzene rings is 7. The van der Waals surface area contributed by atoms with E-state index in [1.807, 2.05) is 11.3 Å². The average Bonchev–Trinajstić information content (AvgIpc) is 3.83. The number of aromatic nitrogens is 2. The van der Waals surface area contributed by atoms with E-state index in [1.165, 1.54) is 65.3 Å². The molecule has 10 rings (SSSR count). The smallest absolute Gasteiger partial charge is 0.173 e. The lowest BCUT2D eigenvalue weighted by atomic mass is 9.62. The van der Waals surface area contributed by atoms with Crippen LogP contribution in [-0.2, 0) is 5.41 Å². The highest BCUT2D eigenvalue weighted by molar-refractivity contribution is 7.25. The number of anilines is 3. The highest BCUT2D eigenvalue weighted by Gasteiger charge is 2.46. The summed E-state index contributed by atoms with van der Waals surface area (Å²) in [7, 11) is 0. The van der Waals surface area contributed by atoms with Crippen LogP contribution in [0.2, 0.25) is 0 Å². The molecule has 3 heterocycles. The van der Waals surface area contributed by atoms with E-state index < -0.39 is 5.41 Å². The molecular weight excluding hydrogens is 647 g/mol. The summed E-state index contributed by atoms with van der Waals surface area (Å²) in [6.45, 7) is 0. The number of fused-ring (bicyclic) bond motifs is 5. The Morgan fingerprint density at radius 1 is 0.480 bits per heavy atom. The minimum absolute atomic E-state index is 0.478. The van der Waals surface area contributed by atoms with Crippen molar-refractivity contribution in [2.75, 3.05) is 4.90 Å². The van der Waals surface area contributed by atoms with Crippen molar-refractivity contribution in [3.63, 3.8) is 0 Å². The van der Waals surface area contributed by atoms with Crippen LogP contribution >= 0.6 is 22.9 Å². The predicted octanol–water partition coefficient (Wildman–Crippen LogP) is 12.4. The Kier molecular flexibility index (Phi) is 6.76. The largest absolute Gasteiger partial charge is 0.310 e. The number of rotatable bonds is 5. The summed E-state index contributed by atoms with van der Waals surface area (Å²) in [6, 6.07) is 63.5. The third kappa shape index (κ3) is 4.41. The molecule has 1 aliphatic heterocycles. The second-order valence-corrected chi connectivity index (χ2v) is 14.5. The molecule has 50 heavy (non-hydrogen) atoms. The first-order valence-corrected chi connectivity index (χ1v) is 18.3. The van der Waals surface area contributed by atoms with Gasteiger partial charge in [-0.3, -0.25) is 0 Å². The first-order valence-electron chi connectivity index (χ1n) is 16.7. The maximum atomic E-state index is 5.01. The molecule has 0 atom stereocenters. The Hall–Kier alpha value is -5.88. The van der Waals surface area contributed by atoms with Gasteiger partial charge in [0.25, 0.3) is 0 Å². The van der Waals surface area contributed by atoms with Gasteiger partial charge in [-0.25, -0.2) is 4.98 Å². The van der Waals surface area contributed by atoms with E-state index in [9.17, 15) is 0 Å². The van der Waals surface area contributed by atoms with Crippen molar-refractivity contribution in [2.24, 2.45) is 0 Å². The van der Waals surface area contributed by atoms with E-state index in [0.29, 0.717) is 0 Å². The van der Waals surface area contributed by atoms with Crippen molar-refractivity contribution < 1.29 is 0 Å². The Morgan fingerprint density at radius 2 is 1.04 bits per heavy atom. The molecule has 7 aromatic carbocycles. The van der Waals surface area contributed by atoms with Crippen LogP contribution in [0.3, 0.4) is 0 Å². The fourth-order valence-electron chi connectivity index (χ4n) is 7.77. The lowest BCUT2D eigenvalue weighted by Gasteiger charge is -2.46. The van der Waals surface area contributed by atoms with Gasteiger partial charge in [0, 0.05) is 37.0 Å². The molecule has 0 saturated heterocycles. The molecule has 0 bridgehead atoms. The molecule has 236 valence electrons. The zero-order valence-electron chi connectivity index (χ0n) is 26.9. The molecule has 5 heteroatoms. The van der Waals surface area contributed by atoms with Gasteiger partial charge in [-0.05, 0) is 82.3 Å². The quantitative estimate of drug-likeness (QED) is 0.182. The van der Waals surface area contributed by atoms with Crippen molar-refractivity contribution in [3.05, 3.63) is 198 Å². The minimum Gasteiger partial charge on any atom is -0.310 e. The van der Waals surface area contributed by atoms with Gasteiger partial charge in [-0.2, -0.15) is 4.37 Å². The maximum absolute atomic E-state index is 5.01. The zero-order valence-corrected chi connectivity index (χ0v) is 28.5. The first-order chi connectivity index (χ1) is 24.8. The summed E-state index contributed by atoms with van der Waals surface area (Å²) >= 11 is 3.27. The normalized spacial score (nSPS) is 13.3. The molecule has 0 unspecified atom stereocenters. The van der Waals surface area contributed by atoms with E-state index in [2.05, 4.69) is 181 Å². The molecule has 0 spiro atoms. The summed E-state index contributed by atoms with van der Waals surface area (Å²) in [5.41, 5.74) is 10.1. The minimum atomic E-state index is -0.478. The second kappa shape index (κ2) is 11.6. The Labute approximate surface area is 298 Å². The Morgan fingerprint density at radius 3 is 1.72 bits per heavy atom. The highest BCUT2D eigenvalue weighted by Crippen LogP contribution is 2.57. The molecular formula is C45H29N3S2. The molecule has 0 saturated carbocycles. The first kappa shape index (κ1) is 29.1. The fourth-order valence-corrected chi connectivity index (χ4v) is 9.60. The molecule has 0 N–H and O–H groups in total. The summed E-state index contributed by atoms with van der Waals surface area (Å²) in [4.78, 5) is 7.42. The van der Waals surface area contributed by atoms with Crippen LogP contribution < -0.4 is 4.90 Å². The van der Waals surface area contributed by atoms with Crippen molar-refractivity contribution in [1.29, 1.82) is 0 Å². The summed E-state index contributed by atoms with van der Waals surface area (Å²) in [6.07, 6.45) is 0. The van der Waals surface area contributed by atoms with Crippen molar-refractivity contribution >= 4 is 60.1 Å². The highest BCUT2D eigenvalue weighted by atomic mass is 32.1. The van der Waals surface area contributed by atoms with Crippen molar-refractivity contribution in [3.8, 4) is 22.0 Å². The Bertz CT molecular complexity index is 2570. The monoisotopic (exact) mass is 675 g/mol. The van der Waals surface area contributed by atoms with E-state index in [4.69, 9.17) is 9.36 Å². The van der Waals surface area contributed by atoms with Gasteiger partial charge in [-0.15, -0.1) is 11.3 Å². The molecule has 9 aromatic rings. The molecule has 0 fully saturated rings. The third-order valence-electron chi connectivity index (χ3n) is 9.95. The van der Waals surface area contributed by atoms with E-state index in [1.54, 1.807) is 0 Å². The Balaban J connectivity index is 1.06. The summed E-state index contributed by atoms with van der Waals surface area (Å²) < 4.78 is 7.36. The van der Waals surface area contributed by atoms with Gasteiger partial charge in [-0.1, -0.05) is 127 Å². The van der Waals surface area contributed by atoms with Gasteiger partial charge < -0.3 is 4.90 Å². The third-order valence-corrected chi connectivity index (χ3v) is 11.8. The summed E-state index contributed by atoms with van der Waals surface area (Å²) in [5, 5.41) is 3.50. The number of nitrogens with zero attached hydrogens (tertiary/aromatic N) is 3. The lowest BCUT2D eigenvalue weighted by molar-refractivity contribution is 0.731. The topological polar surface area (TPSA) is 29.0 Å². The molecule has 3 nitrogen and oxygen atoms in total. The summed E-state index contributed by atoms with van der Waals surface area (Å²) in [5.74, 6) is 0.769. The van der Waals surface area contributed by atoms with Crippen molar-refractivity contribution in [2.45, 2.75) is 5.41 Å². The zero-order chi connectivity index (χ0) is 33.1. The van der Waals surface area contributed by atoms with Crippen LogP contribution in [-0.4, -0.2) is 9.36 Å². The van der Waals surface area contributed by atoms with E-state index in [0.717, 1.165) is 27.6 Å². The molecule has 2 aromatic heterocycles. The predicted molar refractivity (Wildman–Crippen MR) is 210 cm³/mol. The number of hydrogen-bond donors (Lipinski definition) is 0. The number of hydrogen-bond acceptors (Lipinski definition) is 5. The van der Waals surface area contributed by atoms with Gasteiger partial charge in [0.05, 0.1) is 16.8 Å². The number of thiophene rings is 1. The fraction of sp³-hybridized carbons (Fsp3) is 0.0222.